The van der Waals surface area contributed by atoms with Crippen LogP contribution in [0.15, 0.2) is 61.1 Å². The molecule has 2 aromatic carbocycles. The molecule has 0 aliphatic rings. The Morgan fingerprint density at radius 1 is 1.11 bits per heavy atom. The molecule has 0 radical (unpaired) electrons. The topological polar surface area (TPSA) is 114 Å². The van der Waals surface area contributed by atoms with Gasteiger partial charge in [-0.15, -0.1) is 0 Å². The lowest BCUT2D eigenvalue weighted by atomic mass is 10.2. The van der Waals surface area contributed by atoms with Gasteiger partial charge in [0.15, 0.2) is 5.82 Å². The van der Waals surface area contributed by atoms with Gasteiger partial charge in [-0.2, -0.15) is 0 Å². The number of benzene rings is 2. The summed E-state index contributed by atoms with van der Waals surface area (Å²) in [6.07, 6.45) is 2.58. The van der Waals surface area contributed by atoms with E-state index in [1.807, 2.05) is 66.2 Å². The zero-order valence-corrected chi connectivity index (χ0v) is 20.0. The average molecular weight is 476 g/mol. The lowest BCUT2D eigenvalue weighted by Crippen LogP contribution is -2.16. The predicted molar refractivity (Wildman–Crippen MR) is 134 cm³/mol. The SMILES string of the molecule is Cc1cc(Nc2ncnc3ccn(CCOC(N)=O)c23)ccc1Oc1cccc(OCC(C)C)c1. The van der Waals surface area contributed by atoms with Gasteiger partial charge in [0.25, 0.3) is 0 Å². The van der Waals surface area contributed by atoms with Gasteiger partial charge < -0.3 is 29.8 Å². The number of carbonyl (C=O) groups is 1. The van der Waals surface area contributed by atoms with Crippen molar-refractivity contribution in [2.24, 2.45) is 11.7 Å². The summed E-state index contributed by atoms with van der Waals surface area (Å²) in [5, 5.41) is 3.36. The molecule has 0 unspecified atom stereocenters. The highest BCUT2D eigenvalue weighted by atomic mass is 16.5. The number of anilines is 2. The van der Waals surface area contributed by atoms with Crippen molar-refractivity contribution in [3.63, 3.8) is 0 Å². The van der Waals surface area contributed by atoms with E-state index in [0.29, 0.717) is 30.6 Å². The van der Waals surface area contributed by atoms with Crippen molar-refractivity contribution in [2.45, 2.75) is 27.3 Å². The summed E-state index contributed by atoms with van der Waals surface area (Å²) in [7, 11) is 0. The maximum Gasteiger partial charge on any atom is 0.404 e. The Kier molecular flexibility index (Phi) is 7.35. The Bertz CT molecular complexity index is 1320. The van der Waals surface area contributed by atoms with Crippen molar-refractivity contribution in [2.75, 3.05) is 18.5 Å². The summed E-state index contributed by atoms with van der Waals surface area (Å²) in [5.41, 5.74) is 8.45. The molecule has 2 aromatic heterocycles. The Labute approximate surface area is 203 Å². The molecule has 2 heterocycles. The summed E-state index contributed by atoms with van der Waals surface area (Å²) >= 11 is 0. The second-order valence-corrected chi connectivity index (χ2v) is 8.52. The number of hydrogen-bond acceptors (Lipinski definition) is 7. The number of nitrogens with two attached hydrogens (primary N) is 1. The minimum absolute atomic E-state index is 0.155. The number of rotatable bonds is 10. The van der Waals surface area contributed by atoms with E-state index >= 15 is 0 Å². The van der Waals surface area contributed by atoms with Gasteiger partial charge in [0.05, 0.1) is 18.7 Å². The molecule has 0 fully saturated rings. The van der Waals surface area contributed by atoms with Crippen LogP contribution in [0.25, 0.3) is 11.0 Å². The molecule has 1 amide bonds. The fourth-order valence-electron chi connectivity index (χ4n) is 3.55. The molecule has 9 nitrogen and oxygen atoms in total. The third kappa shape index (κ3) is 6.20. The molecule has 4 rings (SSSR count). The summed E-state index contributed by atoms with van der Waals surface area (Å²) in [5.74, 6) is 3.33. The van der Waals surface area contributed by atoms with Crippen LogP contribution in [-0.4, -0.2) is 33.8 Å². The quantitative estimate of drug-likeness (QED) is 0.315. The minimum atomic E-state index is -0.802. The second-order valence-electron chi connectivity index (χ2n) is 8.52. The molecular weight excluding hydrogens is 446 g/mol. The van der Waals surface area contributed by atoms with E-state index in [9.17, 15) is 4.79 Å². The van der Waals surface area contributed by atoms with Gasteiger partial charge in [0.1, 0.15) is 35.7 Å². The van der Waals surface area contributed by atoms with E-state index in [2.05, 4.69) is 29.1 Å². The van der Waals surface area contributed by atoms with E-state index in [4.69, 9.17) is 19.9 Å². The largest absolute Gasteiger partial charge is 0.493 e. The van der Waals surface area contributed by atoms with Gasteiger partial charge in [-0.05, 0) is 54.8 Å². The highest BCUT2D eigenvalue weighted by Crippen LogP contribution is 2.31. The van der Waals surface area contributed by atoms with E-state index in [-0.39, 0.29) is 6.61 Å². The molecule has 0 aliphatic carbocycles. The lowest BCUT2D eigenvalue weighted by Gasteiger charge is -2.14. The van der Waals surface area contributed by atoms with Crippen molar-refractivity contribution in [1.82, 2.24) is 14.5 Å². The second kappa shape index (κ2) is 10.8. The smallest absolute Gasteiger partial charge is 0.404 e. The Balaban J connectivity index is 1.49. The van der Waals surface area contributed by atoms with Crippen LogP contribution in [0.2, 0.25) is 0 Å². The molecule has 0 atom stereocenters. The van der Waals surface area contributed by atoms with Crippen molar-refractivity contribution < 1.29 is 19.0 Å². The van der Waals surface area contributed by atoms with Crippen molar-refractivity contribution in [1.29, 1.82) is 0 Å². The zero-order valence-electron chi connectivity index (χ0n) is 20.0. The van der Waals surface area contributed by atoms with E-state index in [1.165, 1.54) is 6.33 Å². The molecule has 182 valence electrons. The first-order valence-corrected chi connectivity index (χ1v) is 11.4. The third-order valence-corrected chi connectivity index (χ3v) is 5.18. The fraction of sp³-hybridized carbons (Fsp3) is 0.269. The molecule has 9 heteroatoms. The molecule has 0 saturated carbocycles. The molecule has 0 bridgehead atoms. The molecule has 3 N–H and O–H groups in total. The number of fused-ring (bicyclic) bond motifs is 1. The monoisotopic (exact) mass is 475 g/mol. The van der Waals surface area contributed by atoms with Crippen LogP contribution in [-0.2, 0) is 11.3 Å². The number of primary amides is 1. The Hall–Kier alpha value is -4.27. The first-order valence-electron chi connectivity index (χ1n) is 11.4. The van der Waals surface area contributed by atoms with Crippen molar-refractivity contribution in [3.8, 4) is 17.2 Å². The van der Waals surface area contributed by atoms with Gasteiger partial charge >= 0.3 is 6.09 Å². The lowest BCUT2D eigenvalue weighted by molar-refractivity contribution is 0.153. The Morgan fingerprint density at radius 2 is 1.94 bits per heavy atom. The number of ether oxygens (including phenoxy) is 3. The normalized spacial score (nSPS) is 11.0. The summed E-state index contributed by atoms with van der Waals surface area (Å²) in [4.78, 5) is 19.6. The number of nitrogens with one attached hydrogen (secondary N) is 1. The highest BCUT2D eigenvalue weighted by molar-refractivity contribution is 5.88. The third-order valence-electron chi connectivity index (χ3n) is 5.18. The van der Waals surface area contributed by atoms with Gasteiger partial charge in [-0.3, -0.25) is 0 Å². The number of nitrogens with zero attached hydrogens (tertiary/aromatic N) is 3. The van der Waals surface area contributed by atoms with Gasteiger partial charge in [-0.1, -0.05) is 19.9 Å². The van der Waals surface area contributed by atoms with Crippen LogP contribution in [0.4, 0.5) is 16.3 Å². The zero-order chi connectivity index (χ0) is 24.8. The molecule has 0 spiro atoms. The average Bonchev–Trinajstić information content (AvgIpc) is 3.24. The fourth-order valence-corrected chi connectivity index (χ4v) is 3.55. The minimum Gasteiger partial charge on any atom is -0.493 e. The first kappa shape index (κ1) is 23.9. The van der Waals surface area contributed by atoms with E-state index in [1.54, 1.807) is 0 Å². The van der Waals surface area contributed by atoms with Crippen LogP contribution in [0.5, 0.6) is 17.2 Å². The van der Waals surface area contributed by atoms with Crippen molar-refractivity contribution >= 4 is 28.6 Å². The van der Waals surface area contributed by atoms with Crippen LogP contribution in [0, 0.1) is 12.8 Å². The van der Waals surface area contributed by atoms with Gasteiger partial charge in [0, 0.05) is 18.0 Å². The first-order chi connectivity index (χ1) is 16.9. The number of hydrogen-bond donors (Lipinski definition) is 2. The van der Waals surface area contributed by atoms with E-state index < -0.39 is 6.09 Å². The van der Waals surface area contributed by atoms with Gasteiger partial charge in [0.2, 0.25) is 0 Å². The summed E-state index contributed by atoms with van der Waals surface area (Å²) in [6, 6.07) is 15.4. The van der Waals surface area contributed by atoms with Crippen LogP contribution in [0.3, 0.4) is 0 Å². The maximum absolute atomic E-state index is 10.9. The van der Waals surface area contributed by atoms with Crippen LogP contribution >= 0.6 is 0 Å². The summed E-state index contributed by atoms with van der Waals surface area (Å²) in [6.45, 7) is 7.45. The molecular formula is C26H29N5O4. The number of carbonyl (C=O) groups excluding carboxylic acids is 1. The summed E-state index contributed by atoms with van der Waals surface area (Å²) < 4.78 is 18.7. The van der Waals surface area contributed by atoms with Crippen LogP contribution < -0.4 is 20.5 Å². The molecule has 4 aromatic rings. The number of aryl methyl sites for hydroxylation is 1. The molecule has 0 saturated heterocycles. The number of aromatic nitrogens is 3. The number of amides is 1. The Morgan fingerprint density at radius 3 is 2.71 bits per heavy atom. The molecule has 35 heavy (non-hydrogen) atoms. The highest BCUT2D eigenvalue weighted by Gasteiger charge is 2.11. The van der Waals surface area contributed by atoms with Gasteiger partial charge in [-0.25, -0.2) is 14.8 Å². The molecule has 0 aliphatic heterocycles. The van der Waals surface area contributed by atoms with E-state index in [0.717, 1.165) is 33.8 Å². The maximum atomic E-state index is 10.9. The standard InChI is InChI=1S/C26H29N5O4/c1-17(2)15-34-20-5-4-6-21(14-20)35-23-8-7-19(13-18(23)3)30-25-24-22(28-16-29-25)9-10-31(24)11-12-33-26(27)32/h4-10,13-14,16-17H,11-12,15H2,1-3H3,(H2,27,32)(H,28,29,30). The van der Waals surface area contributed by atoms with Crippen LogP contribution in [0.1, 0.15) is 19.4 Å². The van der Waals surface area contributed by atoms with Crippen molar-refractivity contribution in [3.05, 3.63) is 66.6 Å². The predicted octanol–water partition coefficient (Wildman–Crippen LogP) is 5.41.